The Balaban J connectivity index is 3.44. The molecule has 0 aromatic carbocycles. The van der Waals surface area contributed by atoms with Gasteiger partial charge in [-0.05, 0) is 6.92 Å². The molecule has 0 heterocycles. The van der Waals surface area contributed by atoms with Crippen molar-refractivity contribution in [3.05, 3.63) is 0 Å². The molecule has 0 aromatic heterocycles. The fourth-order valence-corrected chi connectivity index (χ4v) is 0.796. The van der Waals surface area contributed by atoms with E-state index >= 15 is 0 Å². The van der Waals surface area contributed by atoms with E-state index in [2.05, 4.69) is 4.74 Å². The minimum absolute atomic E-state index is 0.00384. The molecule has 0 aliphatic rings. The summed E-state index contributed by atoms with van der Waals surface area (Å²) in [7, 11) is 0. The van der Waals surface area contributed by atoms with E-state index in [0.717, 1.165) is 0 Å². The Morgan fingerprint density at radius 2 is 2.23 bits per heavy atom. The summed E-state index contributed by atoms with van der Waals surface area (Å²) in [6.07, 6.45) is -0.00384. The van der Waals surface area contributed by atoms with Crippen LogP contribution in [0.3, 0.4) is 0 Å². The number of hydrogen-bond donors (Lipinski definition) is 1. The van der Waals surface area contributed by atoms with Crippen LogP contribution in [0.2, 0.25) is 0 Å². The summed E-state index contributed by atoms with van der Waals surface area (Å²) in [5.74, 6) is 0.00846. The predicted molar refractivity (Wildman–Crippen MR) is 50.5 cm³/mol. The maximum absolute atomic E-state index is 10.8. The summed E-state index contributed by atoms with van der Waals surface area (Å²) in [5, 5.41) is 7.31. The highest BCUT2D eigenvalue weighted by molar-refractivity contribution is 6.18. The number of nitrogens with one attached hydrogen (secondary N) is 1. The van der Waals surface area contributed by atoms with Crippen molar-refractivity contribution in [1.29, 1.82) is 5.41 Å². The van der Waals surface area contributed by atoms with E-state index in [0.29, 0.717) is 19.1 Å². The maximum Gasteiger partial charge on any atom is 0.311 e. The average molecular weight is 208 g/mol. The number of alkyl halides is 1. The summed E-state index contributed by atoms with van der Waals surface area (Å²) in [6, 6.07) is 0. The lowest BCUT2D eigenvalue weighted by atomic mass is 10.3. The van der Waals surface area contributed by atoms with Crippen LogP contribution in [0.5, 0.6) is 0 Å². The third-order valence-corrected chi connectivity index (χ3v) is 1.32. The monoisotopic (exact) mass is 207 g/mol. The van der Waals surface area contributed by atoms with Crippen molar-refractivity contribution < 1.29 is 14.3 Å². The standard InChI is InChI=1S/C8H14ClNO3/c1-2-13-8(11)5-7(10)6-12-4-3-9/h10H,2-6H2,1H3. The largest absolute Gasteiger partial charge is 0.466 e. The molecule has 0 unspecified atom stereocenters. The first-order valence-electron chi connectivity index (χ1n) is 4.06. The Morgan fingerprint density at radius 1 is 1.54 bits per heavy atom. The van der Waals surface area contributed by atoms with E-state index < -0.39 is 0 Å². The maximum atomic E-state index is 10.8. The first-order chi connectivity index (χ1) is 6.20. The van der Waals surface area contributed by atoms with Gasteiger partial charge in [-0.25, -0.2) is 0 Å². The van der Waals surface area contributed by atoms with Gasteiger partial charge in [0.05, 0.1) is 26.2 Å². The van der Waals surface area contributed by atoms with Crippen LogP contribution in [-0.2, 0) is 14.3 Å². The Morgan fingerprint density at radius 3 is 2.77 bits per heavy atom. The molecular weight excluding hydrogens is 194 g/mol. The van der Waals surface area contributed by atoms with Crippen LogP contribution in [0.25, 0.3) is 0 Å². The van der Waals surface area contributed by atoms with Crippen molar-refractivity contribution in [2.45, 2.75) is 13.3 Å². The fraction of sp³-hybridized carbons (Fsp3) is 0.750. The van der Waals surface area contributed by atoms with Gasteiger partial charge in [0.25, 0.3) is 0 Å². The minimum Gasteiger partial charge on any atom is -0.466 e. The second-order valence-electron chi connectivity index (χ2n) is 2.33. The Bertz CT molecular complexity index is 173. The molecule has 0 amide bonds. The van der Waals surface area contributed by atoms with Crippen molar-refractivity contribution in [2.75, 3.05) is 25.7 Å². The molecule has 5 heteroatoms. The molecular formula is C8H14ClNO3. The number of carbonyl (C=O) groups excluding carboxylic acids is 1. The summed E-state index contributed by atoms with van der Waals surface area (Å²) in [6.45, 7) is 2.61. The van der Waals surface area contributed by atoms with Gasteiger partial charge in [0.15, 0.2) is 0 Å². The SMILES string of the molecule is CCOC(=O)CC(=N)COCCCl. The van der Waals surface area contributed by atoms with Crippen LogP contribution >= 0.6 is 11.6 Å². The Hall–Kier alpha value is -0.610. The van der Waals surface area contributed by atoms with Crippen LogP contribution in [-0.4, -0.2) is 37.4 Å². The first-order valence-corrected chi connectivity index (χ1v) is 4.59. The average Bonchev–Trinajstić information content (AvgIpc) is 2.05. The highest BCUT2D eigenvalue weighted by atomic mass is 35.5. The zero-order chi connectivity index (χ0) is 10.1. The highest BCUT2D eigenvalue weighted by Crippen LogP contribution is 1.91. The number of rotatable bonds is 7. The molecule has 0 saturated heterocycles. The topological polar surface area (TPSA) is 59.4 Å². The molecule has 0 saturated carbocycles. The number of ether oxygens (including phenoxy) is 2. The molecule has 0 aliphatic carbocycles. The lowest BCUT2D eigenvalue weighted by Crippen LogP contribution is -2.15. The summed E-state index contributed by atoms with van der Waals surface area (Å²) < 4.78 is 9.62. The smallest absolute Gasteiger partial charge is 0.311 e. The van der Waals surface area contributed by atoms with E-state index in [1.54, 1.807) is 6.92 Å². The summed E-state index contributed by atoms with van der Waals surface area (Å²) in [4.78, 5) is 10.8. The van der Waals surface area contributed by atoms with E-state index in [4.69, 9.17) is 21.7 Å². The molecule has 0 bridgehead atoms. The van der Waals surface area contributed by atoms with Gasteiger partial charge in [0.1, 0.15) is 0 Å². The van der Waals surface area contributed by atoms with Gasteiger partial charge in [0.2, 0.25) is 0 Å². The van der Waals surface area contributed by atoms with Crippen LogP contribution in [0.1, 0.15) is 13.3 Å². The number of esters is 1. The Labute approximate surface area is 82.7 Å². The lowest BCUT2D eigenvalue weighted by molar-refractivity contribution is -0.141. The number of halogens is 1. The molecule has 4 nitrogen and oxygen atoms in total. The van der Waals surface area contributed by atoms with Crippen molar-refractivity contribution in [1.82, 2.24) is 0 Å². The van der Waals surface area contributed by atoms with Crippen molar-refractivity contribution >= 4 is 23.3 Å². The van der Waals surface area contributed by atoms with Crippen LogP contribution in [0.4, 0.5) is 0 Å². The molecule has 0 rings (SSSR count). The van der Waals surface area contributed by atoms with E-state index in [1.807, 2.05) is 0 Å². The number of carbonyl (C=O) groups is 1. The Kier molecular flexibility index (Phi) is 7.63. The van der Waals surface area contributed by atoms with Crippen LogP contribution < -0.4 is 0 Å². The van der Waals surface area contributed by atoms with Crippen LogP contribution in [0.15, 0.2) is 0 Å². The lowest BCUT2D eigenvalue weighted by Gasteiger charge is -2.03. The minimum atomic E-state index is -0.387. The van der Waals surface area contributed by atoms with Gasteiger partial charge in [-0.3, -0.25) is 4.79 Å². The zero-order valence-corrected chi connectivity index (χ0v) is 8.39. The molecule has 0 spiro atoms. The van der Waals surface area contributed by atoms with Crippen LogP contribution in [0, 0.1) is 5.41 Å². The first kappa shape index (κ1) is 12.4. The second-order valence-corrected chi connectivity index (χ2v) is 2.70. The quantitative estimate of drug-likeness (QED) is 0.296. The fourth-order valence-electron chi connectivity index (χ4n) is 0.687. The molecule has 0 aromatic rings. The van der Waals surface area contributed by atoms with Gasteiger partial charge >= 0.3 is 5.97 Å². The summed E-state index contributed by atoms with van der Waals surface area (Å²) >= 11 is 5.35. The van der Waals surface area contributed by atoms with Crippen molar-refractivity contribution in [2.24, 2.45) is 0 Å². The molecule has 13 heavy (non-hydrogen) atoms. The van der Waals surface area contributed by atoms with Gasteiger partial charge in [-0.1, -0.05) is 0 Å². The molecule has 0 radical (unpaired) electrons. The molecule has 0 aliphatic heterocycles. The van der Waals surface area contributed by atoms with Gasteiger partial charge < -0.3 is 14.9 Å². The van der Waals surface area contributed by atoms with E-state index in [1.165, 1.54) is 0 Å². The predicted octanol–water partition coefficient (Wildman–Crippen LogP) is 1.21. The van der Waals surface area contributed by atoms with Gasteiger partial charge in [0, 0.05) is 11.6 Å². The second kappa shape index (κ2) is 8.01. The van der Waals surface area contributed by atoms with E-state index in [9.17, 15) is 4.79 Å². The molecule has 76 valence electrons. The third-order valence-electron chi connectivity index (χ3n) is 1.16. The normalized spacial score (nSPS) is 9.69. The van der Waals surface area contributed by atoms with Crippen molar-refractivity contribution in [3.63, 3.8) is 0 Å². The molecule has 0 fully saturated rings. The third kappa shape index (κ3) is 7.74. The highest BCUT2D eigenvalue weighted by Gasteiger charge is 2.06. The molecule has 0 atom stereocenters. The van der Waals surface area contributed by atoms with E-state index in [-0.39, 0.29) is 24.7 Å². The van der Waals surface area contributed by atoms with Gasteiger partial charge in [-0.15, -0.1) is 11.6 Å². The zero-order valence-electron chi connectivity index (χ0n) is 7.64. The van der Waals surface area contributed by atoms with Gasteiger partial charge in [-0.2, -0.15) is 0 Å². The summed E-state index contributed by atoms with van der Waals surface area (Å²) in [5.41, 5.74) is 0.212. The number of hydrogen-bond acceptors (Lipinski definition) is 4. The molecule has 1 N–H and O–H groups in total. The van der Waals surface area contributed by atoms with Crippen molar-refractivity contribution in [3.8, 4) is 0 Å².